The highest BCUT2D eigenvalue weighted by molar-refractivity contribution is 5.86. The van der Waals surface area contributed by atoms with Gasteiger partial charge in [0.2, 0.25) is 0 Å². The molecule has 0 amide bonds. The van der Waals surface area contributed by atoms with E-state index in [0.717, 1.165) is 29.7 Å². The summed E-state index contributed by atoms with van der Waals surface area (Å²) in [6.45, 7) is -1.18. The fourth-order valence-electron chi connectivity index (χ4n) is 4.09. The molecule has 0 atom stereocenters. The maximum Gasteiger partial charge on any atom is 0.387 e. The van der Waals surface area contributed by atoms with Gasteiger partial charge in [-0.05, 0) is 66.3 Å². The number of rotatable bonds is 7. The average molecular weight is 533 g/mol. The lowest BCUT2D eigenvalue weighted by Crippen LogP contribution is -2.06. The van der Waals surface area contributed by atoms with Crippen molar-refractivity contribution in [2.24, 2.45) is 0 Å². The normalized spacial score (nSPS) is 10.6. The van der Waals surface area contributed by atoms with Crippen molar-refractivity contribution in [1.82, 2.24) is 0 Å². The molecule has 0 spiro atoms. The summed E-state index contributed by atoms with van der Waals surface area (Å²) in [7, 11) is 0. The van der Waals surface area contributed by atoms with Crippen LogP contribution in [-0.4, -0.2) is 6.61 Å². The zero-order valence-corrected chi connectivity index (χ0v) is 21.3. The van der Waals surface area contributed by atoms with Crippen LogP contribution >= 0.6 is 0 Å². The maximum atomic E-state index is 15.1. The first-order chi connectivity index (χ1) is 18.8. The van der Waals surface area contributed by atoms with Gasteiger partial charge in [-0.2, -0.15) is 8.78 Å². The van der Waals surface area contributed by atoms with Crippen molar-refractivity contribution in [3.05, 3.63) is 112 Å². The first-order valence-electron chi connectivity index (χ1n) is 12.6. The average Bonchev–Trinajstić information content (AvgIpc) is 2.92. The second-order valence-corrected chi connectivity index (χ2v) is 9.02. The van der Waals surface area contributed by atoms with Gasteiger partial charge in [0.05, 0.1) is 5.56 Å². The highest BCUT2D eigenvalue weighted by Gasteiger charge is 2.16. The van der Waals surface area contributed by atoms with E-state index in [0.29, 0.717) is 10.8 Å². The van der Waals surface area contributed by atoms with Crippen molar-refractivity contribution < 1.29 is 26.7 Å². The van der Waals surface area contributed by atoms with Crippen molar-refractivity contribution >= 4 is 10.8 Å². The van der Waals surface area contributed by atoms with Gasteiger partial charge in [0, 0.05) is 22.1 Å². The van der Waals surface area contributed by atoms with E-state index in [2.05, 4.69) is 47.5 Å². The van der Waals surface area contributed by atoms with E-state index in [1.165, 1.54) is 37.3 Å². The number of halogens is 5. The Bertz CT molecular complexity index is 1560. The van der Waals surface area contributed by atoms with Gasteiger partial charge in [0.1, 0.15) is 5.82 Å². The van der Waals surface area contributed by atoms with Gasteiger partial charge in [0.15, 0.2) is 17.4 Å². The number of unbranched alkanes of at least 4 members (excludes halogenated alkanes) is 3. The van der Waals surface area contributed by atoms with Gasteiger partial charge in [-0.25, -0.2) is 13.2 Å². The molecule has 6 heteroatoms. The number of fused-ring (bicyclic) bond motifs is 1. The molecule has 0 aliphatic heterocycles. The van der Waals surface area contributed by atoms with Crippen molar-refractivity contribution in [2.45, 2.75) is 45.6 Å². The Hall–Kier alpha value is -4.29. The van der Waals surface area contributed by atoms with E-state index in [4.69, 9.17) is 0 Å². The Kier molecular flexibility index (Phi) is 9.23. The lowest BCUT2D eigenvalue weighted by Gasteiger charge is -2.07. The van der Waals surface area contributed by atoms with Crippen LogP contribution in [0.15, 0.2) is 66.7 Å². The number of benzene rings is 4. The molecule has 0 bridgehead atoms. The Morgan fingerprint density at radius 1 is 0.692 bits per heavy atom. The van der Waals surface area contributed by atoms with Crippen LogP contribution in [0.1, 0.15) is 60.4 Å². The molecule has 0 saturated heterocycles. The van der Waals surface area contributed by atoms with Crippen LogP contribution in [0, 0.1) is 41.1 Å². The van der Waals surface area contributed by atoms with Crippen molar-refractivity contribution in [3.63, 3.8) is 0 Å². The molecule has 4 aromatic carbocycles. The molecule has 4 rings (SSSR count). The second kappa shape index (κ2) is 13.0. The minimum absolute atomic E-state index is 0.0184. The number of alkyl halides is 2. The quantitative estimate of drug-likeness (QED) is 0.131. The number of aryl methyl sites for hydroxylation is 1. The van der Waals surface area contributed by atoms with E-state index < -0.39 is 29.8 Å². The van der Waals surface area contributed by atoms with Gasteiger partial charge in [-0.1, -0.05) is 74.1 Å². The minimum Gasteiger partial charge on any atom is -0.429 e. The van der Waals surface area contributed by atoms with Crippen molar-refractivity contribution in [2.75, 3.05) is 0 Å². The minimum atomic E-state index is -3.37. The topological polar surface area (TPSA) is 9.23 Å². The Morgan fingerprint density at radius 3 is 2.05 bits per heavy atom. The molecule has 0 heterocycles. The van der Waals surface area contributed by atoms with Crippen LogP contribution in [0.25, 0.3) is 10.8 Å². The summed E-state index contributed by atoms with van der Waals surface area (Å²) in [4.78, 5) is 0. The largest absolute Gasteiger partial charge is 0.429 e. The molecule has 1 nitrogen and oxygen atoms in total. The van der Waals surface area contributed by atoms with Gasteiger partial charge in [-0.3, -0.25) is 0 Å². The fourth-order valence-corrected chi connectivity index (χ4v) is 4.09. The highest BCUT2D eigenvalue weighted by atomic mass is 19.3. The molecule has 198 valence electrons. The molecular formula is C33H25F5O. The van der Waals surface area contributed by atoms with Crippen LogP contribution < -0.4 is 4.74 Å². The van der Waals surface area contributed by atoms with E-state index in [9.17, 15) is 17.6 Å². The van der Waals surface area contributed by atoms with E-state index in [1.807, 2.05) is 12.1 Å². The summed E-state index contributed by atoms with van der Waals surface area (Å²) in [6, 6.07) is 17.9. The molecule has 0 fully saturated rings. The molecule has 0 aliphatic carbocycles. The molecule has 0 N–H and O–H groups in total. The van der Waals surface area contributed by atoms with Crippen LogP contribution in [-0.2, 0) is 6.42 Å². The van der Waals surface area contributed by atoms with E-state index in [-0.39, 0.29) is 11.1 Å². The summed E-state index contributed by atoms with van der Waals surface area (Å²) in [5.41, 5.74) is 2.78. The summed E-state index contributed by atoms with van der Waals surface area (Å²) < 4.78 is 71.4. The third kappa shape index (κ3) is 7.39. The van der Waals surface area contributed by atoms with Gasteiger partial charge in [-0.15, -0.1) is 0 Å². The monoisotopic (exact) mass is 532 g/mol. The number of ether oxygens (including phenoxy) is 1. The van der Waals surface area contributed by atoms with Crippen molar-refractivity contribution in [3.8, 4) is 29.4 Å². The number of hydrogen-bond donors (Lipinski definition) is 0. The molecule has 0 saturated carbocycles. The predicted molar refractivity (Wildman–Crippen MR) is 143 cm³/mol. The van der Waals surface area contributed by atoms with Crippen LogP contribution in [0.3, 0.4) is 0 Å². The summed E-state index contributed by atoms with van der Waals surface area (Å²) in [5, 5.41) is 0.940. The summed E-state index contributed by atoms with van der Waals surface area (Å²) in [5.74, 6) is 6.82. The Morgan fingerprint density at radius 2 is 1.36 bits per heavy atom. The van der Waals surface area contributed by atoms with Gasteiger partial charge >= 0.3 is 6.61 Å². The van der Waals surface area contributed by atoms with E-state index >= 15 is 4.39 Å². The lowest BCUT2D eigenvalue weighted by atomic mass is 10.0. The third-order valence-electron chi connectivity index (χ3n) is 6.12. The molecule has 0 aromatic heterocycles. The molecule has 0 unspecified atom stereocenters. The Labute approximate surface area is 224 Å². The maximum absolute atomic E-state index is 15.1. The summed E-state index contributed by atoms with van der Waals surface area (Å²) in [6.07, 6.45) is 5.96. The zero-order chi connectivity index (χ0) is 27.8. The second-order valence-electron chi connectivity index (χ2n) is 9.02. The zero-order valence-electron chi connectivity index (χ0n) is 21.3. The summed E-state index contributed by atoms with van der Waals surface area (Å²) >= 11 is 0. The van der Waals surface area contributed by atoms with Crippen molar-refractivity contribution in [1.29, 1.82) is 0 Å². The SMILES string of the molecule is CCCCCCc1ccc(C#Cc2ccc3c(F)c(C#Cc4cc(F)c(OC(F)F)c(F)c4)ccc3c2)cc1. The fraction of sp³-hybridized carbons (Fsp3) is 0.212. The van der Waals surface area contributed by atoms with E-state index in [1.54, 1.807) is 24.3 Å². The first kappa shape index (κ1) is 27.7. The highest BCUT2D eigenvalue weighted by Crippen LogP contribution is 2.25. The molecule has 39 heavy (non-hydrogen) atoms. The lowest BCUT2D eigenvalue weighted by molar-refractivity contribution is -0.0546. The third-order valence-corrected chi connectivity index (χ3v) is 6.12. The number of hydrogen-bond acceptors (Lipinski definition) is 1. The molecule has 0 aliphatic rings. The smallest absolute Gasteiger partial charge is 0.387 e. The van der Waals surface area contributed by atoms with Crippen LogP contribution in [0.5, 0.6) is 5.75 Å². The van der Waals surface area contributed by atoms with Gasteiger partial charge < -0.3 is 4.74 Å². The van der Waals surface area contributed by atoms with Gasteiger partial charge in [0.25, 0.3) is 0 Å². The molecule has 0 radical (unpaired) electrons. The Balaban J connectivity index is 1.49. The van der Waals surface area contributed by atoms with Crippen LogP contribution in [0.4, 0.5) is 22.0 Å². The standard InChI is InChI=1S/C33H25F5O/c1-2-3-4-5-6-22-7-9-23(10-8-22)11-12-24-14-18-28-27(19-24)17-16-26(31(28)36)15-13-25-20-29(34)32(30(35)21-25)39-33(37)38/h7-10,14,16-21,33H,2-6H2,1H3. The van der Waals surface area contributed by atoms with Crippen LogP contribution in [0.2, 0.25) is 0 Å². The first-order valence-corrected chi connectivity index (χ1v) is 12.6. The molecular weight excluding hydrogens is 507 g/mol. The predicted octanol–water partition coefficient (Wildman–Crippen LogP) is 8.78. The molecule has 4 aromatic rings.